The van der Waals surface area contributed by atoms with Gasteiger partial charge in [-0.2, -0.15) is 0 Å². The van der Waals surface area contributed by atoms with Crippen molar-refractivity contribution >= 4 is 0 Å². The first kappa shape index (κ1) is 10.2. The van der Waals surface area contributed by atoms with Gasteiger partial charge in [0, 0.05) is 18.0 Å². The van der Waals surface area contributed by atoms with Crippen LogP contribution < -0.4 is 5.32 Å². The molecule has 4 nitrogen and oxygen atoms in total. The summed E-state index contributed by atoms with van der Waals surface area (Å²) in [5.41, 5.74) is 1.00. The molecule has 3 rings (SSSR count). The molecule has 0 bridgehead atoms. The Bertz CT molecular complexity index is 349. The molecule has 2 aliphatic heterocycles. The van der Waals surface area contributed by atoms with E-state index in [1.54, 1.807) is 12.4 Å². The van der Waals surface area contributed by atoms with Crippen molar-refractivity contribution in [3.8, 4) is 0 Å². The molecule has 1 aromatic heterocycles. The van der Waals surface area contributed by atoms with Gasteiger partial charge in [0.1, 0.15) is 0 Å². The number of hydrogen-bond donors (Lipinski definition) is 1. The minimum absolute atomic E-state index is 0.0564. The maximum atomic E-state index is 6.09. The van der Waals surface area contributed by atoms with Gasteiger partial charge in [-0.1, -0.05) is 0 Å². The van der Waals surface area contributed by atoms with Gasteiger partial charge in [-0.25, -0.2) is 0 Å². The standard InChI is InChI=1S/C12H16N2O2/c1-5-13-6-2-10(1)11-15-9-12(16-11)3-7-14-8-4-12/h1-2,5-6,11,14H,3-4,7-9H2. The van der Waals surface area contributed by atoms with E-state index in [1.807, 2.05) is 12.1 Å². The fourth-order valence-corrected chi connectivity index (χ4v) is 2.35. The van der Waals surface area contributed by atoms with Crippen LogP contribution >= 0.6 is 0 Å². The third-order valence-corrected chi connectivity index (χ3v) is 3.35. The monoisotopic (exact) mass is 220 g/mol. The van der Waals surface area contributed by atoms with Crippen LogP contribution in [0, 0.1) is 0 Å². The van der Waals surface area contributed by atoms with Crippen LogP contribution in [0.2, 0.25) is 0 Å². The van der Waals surface area contributed by atoms with Crippen molar-refractivity contribution < 1.29 is 9.47 Å². The molecule has 2 saturated heterocycles. The first-order valence-corrected chi connectivity index (χ1v) is 5.78. The van der Waals surface area contributed by atoms with Crippen LogP contribution in [0.1, 0.15) is 24.7 Å². The van der Waals surface area contributed by atoms with Crippen LogP contribution in [0.25, 0.3) is 0 Å². The van der Waals surface area contributed by atoms with Crippen molar-refractivity contribution in [3.05, 3.63) is 30.1 Å². The van der Waals surface area contributed by atoms with Gasteiger partial charge >= 0.3 is 0 Å². The lowest BCUT2D eigenvalue weighted by Gasteiger charge is -2.31. The summed E-state index contributed by atoms with van der Waals surface area (Å²) in [6, 6.07) is 3.90. The topological polar surface area (TPSA) is 43.4 Å². The van der Waals surface area contributed by atoms with Gasteiger partial charge in [0.15, 0.2) is 6.29 Å². The summed E-state index contributed by atoms with van der Waals surface area (Å²) in [4.78, 5) is 4.00. The SMILES string of the molecule is c1cc(C2OCC3(CCNCC3)O2)ccn1. The number of pyridine rings is 1. The van der Waals surface area contributed by atoms with E-state index in [1.165, 1.54) is 0 Å². The van der Waals surface area contributed by atoms with Crippen molar-refractivity contribution in [2.75, 3.05) is 19.7 Å². The highest BCUT2D eigenvalue weighted by Crippen LogP contribution is 2.38. The van der Waals surface area contributed by atoms with Gasteiger partial charge in [0.05, 0.1) is 12.2 Å². The number of nitrogens with one attached hydrogen (secondary N) is 1. The summed E-state index contributed by atoms with van der Waals surface area (Å²) in [5.74, 6) is 0. The van der Waals surface area contributed by atoms with Crippen molar-refractivity contribution in [2.45, 2.75) is 24.7 Å². The second-order valence-corrected chi connectivity index (χ2v) is 4.47. The van der Waals surface area contributed by atoms with Crippen LogP contribution in [0.5, 0.6) is 0 Å². The molecule has 0 saturated carbocycles. The molecule has 4 heteroatoms. The summed E-state index contributed by atoms with van der Waals surface area (Å²) >= 11 is 0. The number of ether oxygens (including phenoxy) is 2. The van der Waals surface area contributed by atoms with E-state index in [9.17, 15) is 0 Å². The molecule has 1 aromatic rings. The molecule has 0 aliphatic carbocycles. The van der Waals surface area contributed by atoms with E-state index in [-0.39, 0.29) is 11.9 Å². The number of aromatic nitrogens is 1. The lowest BCUT2D eigenvalue weighted by Crippen LogP contribution is -2.43. The Morgan fingerprint density at radius 3 is 2.75 bits per heavy atom. The Hall–Kier alpha value is -0.970. The Morgan fingerprint density at radius 2 is 2.00 bits per heavy atom. The molecule has 0 radical (unpaired) electrons. The molecule has 3 heterocycles. The quantitative estimate of drug-likeness (QED) is 0.773. The fraction of sp³-hybridized carbons (Fsp3) is 0.583. The Balaban J connectivity index is 1.73. The van der Waals surface area contributed by atoms with Gasteiger partial charge in [0.25, 0.3) is 0 Å². The summed E-state index contributed by atoms with van der Waals surface area (Å²) in [7, 11) is 0. The molecule has 86 valence electrons. The molecule has 0 amide bonds. The van der Waals surface area contributed by atoms with Crippen molar-refractivity contribution in [1.29, 1.82) is 0 Å². The minimum atomic E-state index is -0.207. The second-order valence-electron chi connectivity index (χ2n) is 4.47. The minimum Gasteiger partial charge on any atom is -0.345 e. The second kappa shape index (κ2) is 4.13. The van der Waals surface area contributed by atoms with Crippen molar-refractivity contribution in [3.63, 3.8) is 0 Å². The molecule has 1 N–H and O–H groups in total. The zero-order chi connectivity index (χ0) is 10.8. The smallest absolute Gasteiger partial charge is 0.184 e. The molecule has 2 fully saturated rings. The maximum absolute atomic E-state index is 6.09. The van der Waals surface area contributed by atoms with Crippen LogP contribution in [0.4, 0.5) is 0 Å². The van der Waals surface area contributed by atoms with Crippen molar-refractivity contribution in [1.82, 2.24) is 10.3 Å². The number of hydrogen-bond acceptors (Lipinski definition) is 4. The highest BCUT2D eigenvalue weighted by molar-refractivity contribution is 5.13. The molecule has 16 heavy (non-hydrogen) atoms. The Labute approximate surface area is 95.0 Å². The van der Waals surface area contributed by atoms with Crippen LogP contribution in [-0.4, -0.2) is 30.3 Å². The van der Waals surface area contributed by atoms with E-state index in [2.05, 4.69) is 10.3 Å². The Kier molecular flexibility index (Phi) is 2.63. The van der Waals surface area contributed by atoms with E-state index in [4.69, 9.17) is 9.47 Å². The third kappa shape index (κ3) is 1.84. The van der Waals surface area contributed by atoms with Gasteiger partial charge in [-0.15, -0.1) is 0 Å². The van der Waals surface area contributed by atoms with E-state index in [0.29, 0.717) is 6.61 Å². The summed E-state index contributed by atoms with van der Waals surface area (Å²) in [6.07, 6.45) is 5.41. The lowest BCUT2D eigenvalue weighted by molar-refractivity contribution is -0.101. The van der Waals surface area contributed by atoms with Gasteiger partial charge in [0.2, 0.25) is 0 Å². The first-order valence-electron chi connectivity index (χ1n) is 5.78. The largest absolute Gasteiger partial charge is 0.345 e. The van der Waals surface area contributed by atoms with E-state index in [0.717, 1.165) is 31.5 Å². The van der Waals surface area contributed by atoms with Gasteiger partial charge in [-0.05, 0) is 38.1 Å². The zero-order valence-electron chi connectivity index (χ0n) is 9.19. The molecular formula is C12H16N2O2. The average molecular weight is 220 g/mol. The number of piperidine rings is 1. The van der Waals surface area contributed by atoms with Gasteiger partial charge in [-0.3, -0.25) is 4.98 Å². The molecule has 1 atom stereocenters. The third-order valence-electron chi connectivity index (χ3n) is 3.35. The van der Waals surface area contributed by atoms with E-state index < -0.39 is 0 Å². The highest BCUT2D eigenvalue weighted by atomic mass is 16.7. The fourth-order valence-electron chi connectivity index (χ4n) is 2.35. The predicted molar refractivity (Wildman–Crippen MR) is 58.8 cm³/mol. The molecular weight excluding hydrogens is 204 g/mol. The lowest BCUT2D eigenvalue weighted by atomic mass is 9.94. The summed E-state index contributed by atoms with van der Waals surface area (Å²) < 4.78 is 11.8. The molecule has 1 unspecified atom stereocenters. The maximum Gasteiger partial charge on any atom is 0.184 e. The van der Waals surface area contributed by atoms with Gasteiger partial charge < -0.3 is 14.8 Å². The normalized spacial score (nSPS) is 28.4. The Morgan fingerprint density at radius 1 is 1.25 bits per heavy atom. The molecule has 0 aromatic carbocycles. The molecule has 2 aliphatic rings. The van der Waals surface area contributed by atoms with E-state index >= 15 is 0 Å². The van der Waals surface area contributed by atoms with Crippen LogP contribution in [-0.2, 0) is 9.47 Å². The summed E-state index contributed by atoms with van der Waals surface area (Å²) in [5, 5.41) is 3.34. The summed E-state index contributed by atoms with van der Waals surface area (Å²) in [6.45, 7) is 2.75. The average Bonchev–Trinajstić information content (AvgIpc) is 2.75. The molecule has 1 spiro atoms. The zero-order valence-corrected chi connectivity index (χ0v) is 9.19. The van der Waals surface area contributed by atoms with Crippen LogP contribution in [0.15, 0.2) is 24.5 Å². The first-order chi connectivity index (χ1) is 7.88. The number of rotatable bonds is 1. The van der Waals surface area contributed by atoms with Crippen molar-refractivity contribution in [2.24, 2.45) is 0 Å². The van der Waals surface area contributed by atoms with Crippen LogP contribution in [0.3, 0.4) is 0 Å². The predicted octanol–water partition coefficient (Wildman–Crippen LogP) is 1.25. The number of nitrogens with zero attached hydrogens (tertiary/aromatic N) is 1. The highest BCUT2D eigenvalue weighted by Gasteiger charge is 2.42.